The maximum Gasteiger partial charge on any atom is 0.327 e. The van der Waals surface area contributed by atoms with Crippen molar-refractivity contribution in [3.8, 4) is 0 Å². The average Bonchev–Trinajstić information content (AvgIpc) is 3.21. The lowest BCUT2D eigenvalue weighted by molar-refractivity contribution is -0.138. The van der Waals surface area contributed by atoms with Crippen LogP contribution in [0.2, 0.25) is 0 Å². The Bertz CT molecular complexity index is 650. The topological polar surface area (TPSA) is 69.6 Å². The van der Waals surface area contributed by atoms with Gasteiger partial charge in [-0.25, -0.2) is 9.59 Å². The Morgan fingerprint density at radius 2 is 2.12 bits per heavy atom. The van der Waals surface area contributed by atoms with Crippen molar-refractivity contribution < 1.29 is 14.7 Å². The monoisotopic (exact) mass is 364 g/mol. The molecule has 0 fully saturated rings. The third kappa shape index (κ3) is 3.89. The quantitative estimate of drug-likeness (QED) is 0.595. The van der Waals surface area contributed by atoms with Gasteiger partial charge in [0.2, 0.25) is 0 Å². The van der Waals surface area contributed by atoms with Crippen molar-refractivity contribution in [2.45, 2.75) is 37.0 Å². The number of fused-ring (bicyclic) bond motifs is 1. The number of hydrogen-bond acceptors (Lipinski definition) is 4. The van der Waals surface area contributed by atoms with E-state index < -0.39 is 12.0 Å². The van der Waals surface area contributed by atoms with Gasteiger partial charge in [-0.1, -0.05) is 52.3 Å². The Hall–Kier alpha value is -1.60. The summed E-state index contributed by atoms with van der Waals surface area (Å²) < 4.78 is 0. The number of para-hydroxylation sites is 1. The van der Waals surface area contributed by atoms with E-state index in [1.807, 2.05) is 29.0 Å². The average molecular weight is 364 g/mol. The number of unbranched alkanes of at least 4 members (excludes halogenated alkanes) is 1. The molecule has 0 saturated carbocycles. The molecule has 0 aliphatic carbocycles. The Morgan fingerprint density at radius 1 is 1.29 bits per heavy atom. The molecule has 1 aromatic rings. The minimum absolute atomic E-state index is 0.321. The van der Waals surface area contributed by atoms with E-state index in [2.05, 4.69) is 16.8 Å². The van der Waals surface area contributed by atoms with Gasteiger partial charge >= 0.3 is 12.0 Å². The van der Waals surface area contributed by atoms with Crippen LogP contribution in [0.15, 0.2) is 35.7 Å². The molecule has 0 radical (unpaired) electrons. The van der Waals surface area contributed by atoms with Crippen molar-refractivity contribution in [1.29, 1.82) is 0 Å². The van der Waals surface area contributed by atoms with Crippen molar-refractivity contribution in [1.82, 2.24) is 5.32 Å². The number of urea groups is 1. The molecule has 2 heterocycles. The lowest BCUT2D eigenvalue weighted by Crippen LogP contribution is -2.48. The van der Waals surface area contributed by atoms with E-state index >= 15 is 0 Å². The molecule has 128 valence electrons. The zero-order valence-corrected chi connectivity index (χ0v) is 14.8. The van der Waals surface area contributed by atoms with Gasteiger partial charge in [0, 0.05) is 23.9 Å². The number of benzene rings is 1. The summed E-state index contributed by atoms with van der Waals surface area (Å²) in [6.45, 7) is 0.568. The summed E-state index contributed by atoms with van der Waals surface area (Å²) in [5.74, 6) is -0.969. The van der Waals surface area contributed by atoms with Crippen LogP contribution in [-0.2, 0) is 11.2 Å². The second-order valence-electron chi connectivity index (χ2n) is 5.84. The first-order valence-electron chi connectivity index (χ1n) is 8.03. The van der Waals surface area contributed by atoms with Crippen molar-refractivity contribution in [3.63, 3.8) is 0 Å². The molecule has 7 heteroatoms. The van der Waals surface area contributed by atoms with Crippen molar-refractivity contribution in [2.75, 3.05) is 11.4 Å². The van der Waals surface area contributed by atoms with E-state index in [9.17, 15) is 14.7 Å². The third-order valence-electron chi connectivity index (χ3n) is 4.20. The number of anilines is 1. The summed E-state index contributed by atoms with van der Waals surface area (Å²) >= 11 is 0. The Kier molecular flexibility index (Phi) is 5.73. The van der Waals surface area contributed by atoms with Crippen LogP contribution in [0.1, 0.15) is 24.8 Å². The van der Waals surface area contributed by atoms with Crippen LogP contribution in [0.3, 0.4) is 0 Å². The summed E-state index contributed by atoms with van der Waals surface area (Å²) in [6.07, 6.45) is 5.62. The van der Waals surface area contributed by atoms with Gasteiger partial charge in [-0.3, -0.25) is 4.90 Å². The van der Waals surface area contributed by atoms with E-state index in [1.165, 1.54) is 4.90 Å². The van der Waals surface area contributed by atoms with Crippen LogP contribution < -0.4 is 10.2 Å². The normalized spacial score (nSPS) is 21.8. The highest BCUT2D eigenvalue weighted by atomic mass is 33.1. The minimum atomic E-state index is -0.969. The van der Waals surface area contributed by atoms with Crippen molar-refractivity contribution in [3.05, 3.63) is 41.3 Å². The fourth-order valence-electron chi connectivity index (χ4n) is 2.99. The number of carbonyl (C=O) groups excluding carboxylic acids is 1. The molecular formula is C17H20N2O3S2. The molecule has 2 N–H and O–H groups in total. The molecule has 2 aliphatic heterocycles. The number of carbonyl (C=O) groups is 2. The lowest BCUT2D eigenvalue weighted by atomic mass is 10.1. The molecule has 24 heavy (non-hydrogen) atoms. The standard InChI is InChI=1S/C17H20N2O3S2/c20-16(21)15-11-12-5-1-2-7-14(12)19(15)17(22)18-9-4-3-6-13-8-10-23-24-13/h1-2,5,7-8,10,13,15H,3-4,6,9,11H2,(H,18,22)(H,20,21). The smallest absolute Gasteiger partial charge is 0.327 e. The molecule has 2 aliphatic rings. The molecule has 3 rings (SSSR count). The molecule has 0 aromatic heterocycles. The number of carboxylic acids is 1. The first-order valence-corrected chi connectivity index (χ1v) is 10.3. The zero-order valence-electron chi connectivity index (χ0n) is 13.2. The predicted molar refractivity (Wildman–Crippen MR) is 99.4 cm³/mol. The van der Waals surface area contributed by atoms with Gasteiger partial charge in [0.25, 0.3) is 0 Å². The van der Waals surface area contributed by atoms with Gasteiger partial charge in [0.05, 0.1) is 0 Å². The van der Waals surface area contributed by atoms with Crippen molar-refractivity contribution >= 4 is 39.3 Å². The van der Waals surface area contributed by atoms with Gasteiger partial charge in [0.15, 0.2) is 0 Å². The van der Waals surface area contributed by atoms with Crippen LogP contribution in [0.4, 0.5) is 10.5 Å². The predicted octanol–water partition coefficient (Wildman–Crippen LogP) is 3.66. The summed E-state index contributed by atoms with van der Waals surface area (Å²) in [6, 6.07) is 6.24. The Morgan fingerprint density at radius 3 is 2.88 bits per heavy atom. The minimum Gasteiger partial charge on any atom is -0.480 e. The van der Waals surface area contributed by atoms with Crippen LogP contribution in [-0.4, -0.2) is 34.9 Å². The summed E-state index contributed by atoms with van der Waals surface area (Å²) in [4.78, 5) is 25.3. The molecular weight excluding hydrogens is 344 g/mol. The molecule has 5 nitrogen and oxygen atoms in total. The number of nitrogens with one attached hydrogen (secondary N) is 1. The van der Waals surface area contributed by atoms with E-state index in [4.69, 9.17) is 0 Å². The van der Waals surface area contributed by atoms with E-state index in [-0.39, 0.29) is 6.03 Å². The fourth-order valence-corrected chi connectivity index (χ4v) is 5.25. The maximum atomic E-state index is 12.5. The molecule has 0 spiro atoms. The Balaban J connectivity index is 1.51. The number of rotatable bonds is 6. The van der Waals surface area contributed by atoms with E-state index in [0.29, 0.717) is 23.9 Å². The molecule has 1 aromatic carbocycles. The van der Waals surface area contributed by atoms with Crippen LogP contribution in [0.25, 0.3) is 0 Å². The summed E-state index contributed by atoms with van der Waals surface area (Å²) in [5, 5.41) is 15.0. The molecule has 2 amide bonds. The molecule has 2 atom stereocenters. The zero-order chi connectivity index (χ0) is 16.9. The lowest BCUT2D eigenvalue weighted by Gasteiger charge is -2.23. The van der Waals surface area contributed by atoms with Crippen LogP contribution in [0, 0.1) is 0 Å². The highest BCUT2D eigenvalue weighted by Gasteiger charge is 2.38. The van der Waals surface area contributed by atoms with E-state index in [1.54, 1.807) is 16.9 Å². The van der Waals surface area contributed by atoms with Gasteiger partial charge in [-0.2, -0.15) is 0 Å². The van der Waals surface area contributed by atoms with E-state index in [0.717, 1.165) is 24.8 Å². The highest BCUT2D eigenvalue weighted by molar-refractivity contribution is 8.78. The summed E-state index contributed by atoms with van der Waals surface area (Å²) in [7, 11) is 3.64. The second kappa shape index (κ2) is 7.98. The van der Waals surface area contributed by atoms with Crippen LogP contribution in [0.5, 0.6) is 0 Å². The molecule has 2 unspecified atom stereocenters. The number of aliphatic carboxylic acids is 1. The number of carboxylic acid groups (broad SMARTS) is 1. The van der Waals surface area contributed by atoms with Crippen molar-refractivity contribution in [2.24, 2.45) is 0 Å². The summed E-state index contributed by atoms with van der Waals surface area (Å²) in [5.41, 5.74) is 1.61. The first-order chi connectivity index (χ1) is 11.7. The third-order valence-corrected chi connectivity index (χ3v) is 6.63. The fraction of sp³-hybridized carbons (Fsp3) is 0.412. The number of amides is 2. The number of nitrogens with zero attached hydrogens (tertiary/aromatic N) is 1. The first kappa shape index (κ1) is 17.2. The van der Waals surface area contributed by atoms with Gasteiger partial charge in [-0.05, 0) is 29.9 Å². The molecule has 0 saturated heterocycles. The SMILES string of the molecule is O=C(O)C1Cc2ccccc2N1C(=O)NCCCCC1C=CSS1. The van der Waals surface area contributed by atoms with Gasteiger partial charge < -0.3 is 10.4 Å². The molecule has 0 bridgehead atoms. The van der Waals surface area contributed by atoms with Gasteiger partial charge in [-0.15, -0.1) is 0 Å². The number of hydrogen-bond donors (Lipinski definition) is 2. The van der Waals surface area contributed by atoms with Gasteiger partial charge in [0.1, 0.15) is 6.04 Å². The maximum absolute atomic E-state index is 12.5. The second-order valence-corrected chi connectivity index (χ2v) is 8.26. The Labute approximate surface area is 149 Å². The highest BCUT2D eigenvalue weighted by Crippen LogP contribution is 2.37. The largest absolute Gasteiger partial charge is 0.480 e. The van der Waals surface area contributed by atoms with Crippen LogP contribution >= 0.6 is 21.6 Å².